The van der Waals surface area contributed by atoms with E-state index in [0.717, 1.165) is 0 Å². The molecule has 0 unspecified atom stereocenters. The Kier molecular flexibility index (Phi) is 24.2. The van der Waals surface area contributed by atoms with Crippen LogP contribution in [-0.2, 0) is 0 Å². The molecule has 7 N–H and O–H groups in total. The standard InChI is InChI=1S/C2H7NO2.H4N2/c4-1-3-2-5;1-2/h3-5H,1-2H2;1-2H2. The molecule has 5 heteroatoms. The summed E-state index contributed by atoms with van der Waals surface area (Å²) in [4.78, 5) is 0. The van der Waals surface area contributed by atoms with Gasteiger partial charge >= 0.3 is 0 Å². The average Bonchev–Trinajstić information content (AvgIpc) is 1.75. The Balaban J connectivity index is 0. The minimum atomic E-state index is -0.156. The monoisotopic (exact) mass is 109 g/mol. The van der Waals surface area contributed by atoms with E-state index in [1.165, 1.54) is 0 Å². The summed E-state index contributed by atoms with van der Waals surface area (Å²) in [6.07, 6.45) is 0. The average molecular weight is 109 g/mol. The highest BCUT2D eigenvalue weighted by Gasteiger charge is 1.64. The summed E-state index contributed by atoms with van der Waals surface area (Å²) in [5.41, 5.74) is 0. The van der Waals surface area contributed by atoms with E-state index in [1.54, 1.807) is 0 Å². The fourth-order valence-corrected chi connectivity index (χ4v) is 0.0500. The van der Waals surface area contributed by atoms with E-state index in [0.29, 0.717) is 0 Å². The lowest BCUT2D eigenvalue weighted by Gasteiger charge is -1.85. The van der Waals surface area contributed by atoms with E-state index in [1.807, 2.05) is 0 Å². The lowest BCUT2D eigenvalue weighted by molar-refractivity contribution is 0.185. The zero-order valence-electron chi connectivity index (χ0n) is 3.96. The van der Waals surface area contributed by atoms with Crippen molar-refractivity contribution in [2.45, 2.75) is 0 Å². The van der Waals surface area contributed by atoms with Gasteiger partial charge in [0.25, 0.3) is 0 Å². The smallest absolute Gasteiger partial charge is 0.0948 e. The van der Waals surface area contributed by atoms with Gasteiger partial charge in [-0.15, -0.1) is 0 Å². The van der Waals surface area contributed by atoms with Gasteiger partial charge in [-0.2, -0.15) is 0 Å². The predicted octanol–water partition coefficient (Wildman–Crippen LogP) is -2.71. The van der Waals surface area contributed by atoms with E-state index in [2.05, 4.69) is 17.0 Å². The lowest BCUT2D eigenvalue weighted by Crippen LogP contribution is -2.14. The molecule has 0 rings (SSSR count). The summed E-state index contributed by atoms with van der Waals surface area (Å²) in [7, 11) is 0. The van der Waals surface area contributed by atoms with Gasteiger partial charge in [0.15, 0.2) is 0 Å². The first kappa shape index (κ1) is 9.93. The number of nitrogens with one attached hydrogen (secondary N) is 1. The van der Waals surface area contributed by atoms with Crippen LogP contribution in [0.15, 0.2) is 0 Å². The Morgan fingerprint density at radius 1 is 1.14 bits per heavy atom. The Bertz CT molecular complexity index is 18.4. The third kappa shape index (κ3) is 25.8. The lowest BCUT2D eigenvalue weighted by atomic mass is 11.1. The van der Waals surface area contributed by atoms with E-state index in [9.17, 15) is 0 Å². The zero-order valence-corrected chi connectivity index (χ0v) is 3.96. The van der Waals surface area contributed by atoms with Crippen LogP contribution in [0, 0.1) is 0 Å². The van der Waals surface area contributed by atoms with Crippen molar-refractivity contribution >= 4 is 0 Å². The molecule has 0 aromatic carbocycles. The van der Waals surface area contributed by atoms with Crippen LogP contribution in [0.3, 0.4) is 0 Å². The minimum absolute atomic E-state index is 0.156. The number of rotatable bonds is 2. The Labute approximate surface area is 41.9 Å². The van der Waals surface area contributed by atoms with Gasteiger partial charge in [0, 0.05) is 0 Å². The summed E-state index contributed by atoms with van der Waals surface area (Å²) < 4.78 is 0. The Morgan fingerprint density at radius 3 is 1.43 bits per heavy atom. The van der Waals surface area contributed by atoms with Crippen LogP contribution in [0.5, 0.6) is 0 Å². The molecule has 5 nitrogen and oxygen atoms in total. The van der Waals surface area contributed by atoms with E-state index >= 15 is 0 Å². The normalized spacial score (nSPS) is 6.86. The molecule has 0 aliphatic rings. The number of hydrazine groups is 1. The van der Waals surface area contributed by atoms with Crippen molar-refractivity contribution in [1.29, 1.82) is 0 Å². The van der Waals surface area contributed by atoms with Crippen LogP contribution in [0.25, 0.3) is 0 Å². The predicted molar refractivity (Wildman–Crippen MR) is 25.7 cm³/mol. The zero-order chi connectivity index (χ0) is 6.12. The van der Waals surface area contributed by atoms with Gasteiger partial charge in [-0.1, -0.05) is 0 Å². The van der Waals surface area contributed by atoms with Crippen molar-refractivity contribution in [3.63, 3.8) is 0 Å². The summed E-state index contributed by atoms with van der Waals surface area (Å²) in [5.74, 6) is 8.00. The Morgan fingerprint density at radius 2 is 1.43 bits per heavy atom. The molecule has 0 fully saturated rings. The van der Waals surface area contributed by atoms with Crippen molar-refractivity contribution in [2.75, 3.05) is 13.5 Å². The molecule has 0 atom stereocenters. The summed E-state index contributed by atoms with van der Waals surface area (Å²) in [5, 5.41) is 17.8. The van der Waals surface area contributed by atoms with Crippen LogP contribution >= 0.6 is 0 Å². The van der Waals surface area contributed by atoms with Gasteiger partial charge in [-0.05, 0) is 0 Å². The molecule has 0 aliphatic heterocycles. The number of nitrogens with two attached hydrogens (primary N) is 2. The van der Waals surface area contributed by atoms with Crippen molar-refractivity contribution in [3.8, 4) is 0 Å². The largest absolute Gasteiger partial charge is 0.381 e. The van der Waals surface area contributed by atoms with Crippen molar-refractivity contribution in [1.82, 2.24) is 5.32 Å². The molecule has 0 saturated carbocycles. The SMILES string of the molecule is NN.OCNCO. The first-order valence-corrected chi connectivity index (χ1v) is 1.67. The first-order chi connectivity index (χ1) is 3.41. The van der Waals surface area contributed by atoms with Crippen molar-refractivity contribution < 1.29 is 10.2 Å². The molecular formula is C2H11N3O2. The van der Waals surface area contributed by atoms with E-state index in [-0.39, 0.29) is 13.5 Å². The molecule has 0 saturated heterocycles. The number of hydrogen-bond acceptors (Lipinski definition) is 5. The van der Waals surface area contributed by atoms with E-state index < -0.39 is 0 Å². The quantitative estimate of drug-likeness (QED) is 0.151. The number of aliphatic hydroxyl groups excluding tert-OH is 2. The maximum absolute atomic E-state index is 7.80. The van der Waals surface area contributed by atoms with Gasteiger partial charge in [-0.25, -0.2) is 0 Å². The molecule has 0 radical (unpaired) electrons. The number of hydrogen-bond donors (Lipinski definition) is 5. The van der Waals surface area contributed by atoms with Gasteiger partial charge in [0.1, 0.15) is 0 Å². The van der Waals surface area contributed by atoms with Crippen molar-refractivity contribution in [2.24, 2.45) is 11.7 Å². The van der Waals surface area contributed by atoms with E-state index in [4.69, 9.17) is 10.2 Å². The molecule has 46 valence electrons. The second-order valence-electron chi connectivity index (χ2n) is 0.566. The molecule has 0 aromatic rings. The second-order valence-corrected chi connectivity index (χ2v) is 0.566. The molecule has 0 aliphatic carbocycles. The molecule has 0 aromatic heterocycles. The van der Waals surface area contributed by atoms with Gasteiger partial charge in [0.05, 0.1) is 13.5 Å². The summed E-state index contributed by atoms with van der Waals surface area (Å²) in [6.45, 7) is -0.312. The third-order valence-electron chi connectivity index (χ3n) is 0.224. The highest BCUT2D eigenvalue weighted by Crippen LogP contribution is 1.37. The van der Waals surface area contributed by atoms with Gasteiger partial charge in [0.2, 0.25) is 0 Å². The highest BCUT2D eigenvalue weighted by atomic mass is 16.3. The van der Waals surface area contributed by atoms with Crippen LogP contribution in [-0.4, -0.2) is 23.7 Å². The molecule has 0 spiro atoms. The minimum Gasteiger partial charge on any atom is -0.381 e. The molecule has 7 heavy (non-hydrogen) atoms. The summed E-state index contributed by atoms with van der Waals surface area (Å²) in [6, 6.07) is 0. The van der Waals surface area contributed by atoms with Crippen LogP contribution in [0.2, 0.25) is 0 Å². The Hall–Kier alpha value is -0.200. The van der Waals surface area contributed by atoms with Crippen LogP contribution in [0.4, 0.5) is 0 Å². The number of aliphatic hydroxyl groups is 2. The maximum atomic E-state index is 7.80. The highest BCUT2D eigenvalue weighted by molar-refractivity contribution is 4.10. The molecular weight excluding hydrogens is 98.0 g/mol. The maximum Gasteiger partial charge on any atom is 0.0948 e. The third-order valence-corrected chi connectivity index (χ3v) is 0.224. The first-order valence-electron chi connectivity index (χ1n) is 1.67. The van der Waals surface area contributed by atoms with Gasteiger partial charge in [-0.3, -0.25) is 17.0 Å². The summed E-state index contributed by atoms with van der Waals surface area (Å²) >= 11 is 0. The second kappa shape index (κ2) is 17.0. The van der Waals surface area contributed by atoms with Crippen LogP contribution < -0.4 is 17.0 Å². The molecule has 0 heterocycles. The van der Waals surface area contributed by atoms with Crippen molar-refractivity contribution in [3.05, 3.63) is 0 Å². The van der Waals surface area contributed by atoms with Crippen LogP contribution in [0.1, 0.15) is 0 Å². The topological polar surface area (TPSA) is 105 Å². The fraction of sp³-hybridized carbons (Fsp3) is 1.00. The van der Waals surface area contributed by atoms with Gasteiger partial charge < -0.3 is 10.2 Å². The molecule has 0 amide bonds. The molecule has 0 bridgehead atoms. The fourth-order valence-electron chi connectivity index (χ4n) is 0.0500.